The summed E-state index contributed by atoms with van der Waals surface area (Å²) in [4.78, 5) is 19.6. The molecule has 1 saturated heterocycles. The van der Waals surface area contributed by atoms with Crippen LogP contribution in [0.2, 0.25) is 0 Å². The fourth-order valence-corrected chi connectivity index (χ4v) is 3.63. The average Bonchev–Trinajstić information content (AvgIpc) is 3.37. The first kappa shape index (κ1) is 15.6. The Morgan fingerprint density at radius 3 is 2.92 bits per heavy atom. The van der Waals surface area contributed by atoms with E-state index < -0.39 is 6.10 Å². The molecule has 1 N–H and O–H groups in total. The van der Waals surface area contributed by atoms with Gasteiger partial charge in [-0.05, 0) is 45.6 Å². The quantitative estimate of drug-likeness (QED) is 0.936. The largest absolute Gasteiger partial charge is 0.393 e. The monoisotopic (exact) mass is 329 g/mol. The minimum absolute atomic E-state index is 0.000880. The van der Waals surface area contributed by atoms with Gasteiger partial charge in [0.2, 0.25) is 0 Å². The van der Waals surface area contributed by atoms with Gasteiger partial charge in [-0.3, -0.25) is 4.79 Å². The van der Waals surface area contributed by atoms with Crippen LogP contribution in [0.3, 0.4) is 0 Å². The number of hydrogen-bond acceptors (Lipinski definition) is 5. The maximum absolute atomic E-state index is 13.2. The number of hydrogen-bond donors (Lipinski definition) is 1. The lowest BCUT2D eigenvalue weighted by atomic mass is 9.93. The van der Waals surface area contributed by atoms with Crippen LogP contribution in [0.1, 0.15) is 60.3 Å². The van der Waals surface area contributed by atoms with Crippen LogP contribution in [0.15, 0.2) is 10.6 Å². The molecule has 6 heteroatoms. The Kier molecular flexibility index (Phi) is 3.79. The van der Waals surface area contributed by atoms with E-state index >= 15 is 0 Å². The summed E-state index contributed by atoms with van der Waals surface area (Å²) in [6, 6.07) is 1.93. The van der Waals surface area contributed by atoms with Crippen molar-refractivity contribution in [2.24, 2.45) is 5.92 Å². The summed E-state index contributed by atoms with van der Waals surface area (Å²) in [5, 5.41) is 14.6. The number of aliphatic hydroxyl groups excluding tert-OH is 1. The van der Waals surface area contributed by atoms with Crippen molar-refractivity contribution >= 4 is 17.0 Å². The van der Waals surface area contributed by atoms with Gasteiger partial charge >= 0.3 is 0 Å². The second kappa shape index (κ2) is 5.84. The molecule has 24 heavy (non-hydrogen) atoms. The van der Waals surface area contributed by atoms with E-state index in [0.717, 1.165) is 43.3 Å². The van der Waals surface area contributed by atoms with Crippen LogP contribution in [0, 0.1) is 12.8 Å². The Hall–Kier alpha value is -1.95. The molecule has 0 bridgehead atoms. The van der Waals surface area contributed by atoms with Gasteiger partial charge in [-0.25, -0.2) is 4.98 Å². The zero-order valence-corrected chi connectivity index (χ0v) is 14.2. The van der Waals surface area contributed by atoms with Gasteiger partial charge in [0.15, 0.2) is 0 Å². The summed E-state index contributed by atoms with van der Waals surface area (Å²) < 4.78 is 5.33. The summed E-state index contributed by atoms with van der Waals surface area (Å²) in [7, 11) is 0. The smallest absolute Gasteiger partial charge is 0.259 e. The molecular weight excluding hydrogens is 306 g/mol. The molecule has 128 valence electrons. The Balaban J connectivity index is 1.71. The number of pyridine rings is 1. The van der Waals surface area contributed by atoms with Crippen molar-refractivity contribution in [2.75, 3.05) is 13.1 Å². The number of carbonyl (C=O) groups excluding carboxylic acids is 1. The number of rotatable bonds is 3. The summed E-state index contributed by atoms with van der Waals surface area (Å²) in [5.74, 6) is 0.588. The van der Waals surface area contributed by atoms with Crippen LogP contribution in [0.4, 0.5) is 0 Å². The van der Waals surface area contributed by atoms with Crippen LogP contribution in [0.5, 0.6) is 0 Å². The molecule has 2 atom stereocenters. The second-order valence-electron chi connectivity index (χ2n) is 7.21. The number of carbonyl (C=O) groups is 1. The van der Waals surface area contributed by atoms with Crippen LogP contribution < -0.4 is 0 Å². The van der Waals surface area contributed by atoms with Crippen molar-refractivity contribution < 1.29 is 14.4 Å². The van der Waals surface area contributed by atoms with Gasteiger partial charge in [-0.1, -0.05) is 5.16 Å². The maximum Gasteiger partial charge on any atom is 0.259 e. The number of piperidine rings is 1. The molecule has 1 amide bonds. The summed E-state index contributed by atoms with van der Waals surface area (Å²) in [6.45, 7) is 4.98. The lowest BCUT2D eigenvalue weighted by Crippen LogP contribution is -2.43. The number of likely N-dealkylation sites (tertiary alicyclic amines) is 1. The third-order valence-corrected chi connectivity index (χ3v) is 5.29. The standard InChI is InChI=1S/C18H23N3O3/c1-10-16-14(8-15(12-5-6-12)19-17(16)24-20-10)18(23)21-7-3-4-13(9-21)11(2)22/h8,11-13,22H,3-7,9H2,1-2H3. The topological polar surface area (TPSA) is 79.5 Å². The summed E-state index contributed by atoms with van der Waals surface area (Å²) >= 11 is 0. The maximum atomic E-state index is 13.2. The van der Waals surface area contributed by atoms with Gasteiger partial charge in [0.25, 0.3) is 11.6 Å². The van der Waals surface area contributed by atoms with E-state index in [1.807, 2.05) is 17.9 Å². The third-order valence-electron chi connectivity index (χ3n) is 5.29. The third kappa shape index (κ3) is 2.69. The van der Waals surface area contributed by atoms with E-state index in [9.17, 15) is 9.90 Å². The highest BCUT2D eigenvalue weighted by molar-refractivity contribution is 6.06. The van der Waals surface area contributed by atoms with Gasteiger partial charge in [0, 0.05) is 30.6 Å². The van der Waals surface area contributed by atoms with Crippen molar-refractivity contribution in [3.05, 3.63) is 23.0 Å². The van der Waals surface area contributed by atoms with Crippen molar-refractivity contribution in [1.29, 1.82) is 0 Å². The molecule has 1 aliphatic heterocycles. The molecule has 1 saturated carbocycles. The van der Waals surface area contributed by atoms with E-state index in [1.165, 1.54) is 0 Å². The average molecular weight is 329 g/mol. The van der Waals surface area contributed by atoms with Crippen LogP contribution in [-0.4, -0.2) is 45.2 Å². The number of aromatic nitrogens is 2. The van der Waals surface area contributed by atoms with E-state index in [1.54, 1.807) is 6.92 Å². The molecule has 2 unspecified atom stereocenters. The van der Waals surface area contributed by atoms with Gasteiger partial charge in [-0.2, -0.15) is 0 Å². The van der Waals surface area contributed by atoms with Crippen molar-refractivity contribution in [2.45, 2.75) is 51.6 Å². The molecule has 2 fully saturated rings. The van der Waals surface area contributed by atoms with E-state index in [0.29, 0.717) is 29.4 Å². The Morgan fingerprint density at radius 2 is 2.21 bits per heavy atom. The van der Waals surface area contributed by atoms with Crippen LogP contribution in [-0.2, 0) is 0 Å². The van der Waals surface area contributed by atoms with E-state index in [2.05, 4.69) is 10.1 Å². The predicted molar refractivity (Wildman–Crippen MR) is 88.8 cm³/mol. The lowest BCUT2D eigenvalue weighted by Gasteiger charge is -2.34. The SMILES string of the molecule is Cc1noc2nc(C3CC3)cc(C(=O)N3CCCC(C(C)O)C3)c12. The molecule has 2 aromatic heterocycles. The van der Waals surface area contributed by atoms with Gasteiger partial charge < -0.3 is 14.5 Å². The highest BCUT2D eigenvalue weighted by atomic mass is 16.5. The van der Waals surface area contributed by atoms with Gasteiger partial charge in [0.05, 0.1) is 22.7 Å². The zero-order valence-electron chi connectivity index (χ0n) is 14.2. The van der Waals surface area contributed by atoms with Crippen molar-refractivity contribution in [3.8, 4) is 0 Å². The fourth-order valence-electron chi connectivity index (χ4n) is 3.63. The molecular formula is C18H23N3O3. The molecule has 0 radical (unpaired) electrons. The molecule has 0 aromatic carbocycles. The number of nitrogens with zero attached hydrogens (tertiary/aromatic N) is 3. The van der Waals surface area contributed by atoms with Crippen molar-refractivity contribution in [1.82, 2.24) is 15.0 Å². The number of fused-ring (bicyclic) bond motifs is 1. The Bertz CT molecular complexity index is 779. The first-order chi connectivity index (χ1) is 11.5. The molecule has 0 spiro atoms. The minimum atomic E-state index is -0.391. The Labute approximate surface area is 140 Å². The zero-order chi connectivity index (χ0) is 16.8. The highest BCUT2D eigenvalue weighted by Crippen LogP contribution is 2.40. The van der Waals surface area contributed by atoms with Gasteiger partial charge in [-0.15, -0.1) is 0 Å². The minimum Gasteiger partial charge on any atom is -0.393 e. The molecule has 6 nitrogen and oxygen atoms in total. The second-order valence-corrected chi connectivity index (χ2v) is 7.21. The molecule has 2 aromatic rings. The molecule has 1 aliphatic carbocycles. The van der Waals surface area contributed by atoms with Crippen LogP contribution >= 0.6 is 0 Å². The summed E-state index contributed by atoms with van der Waals surface area (Å²) in [6.07, 6.45) is 3.73. The van der Waals surface area contributed by atoms with Gasteiger partial charge in [0.1, 0.15) is 0 Å². The van der Waals surface area contributed by atoms with E-state index in [-0.39, 0.29) is 11.8 Å². The molecule has 3 heterocycles. The number of aryl methyl sites for hydroxylation is 1. The number of aliphatic hydroxyl groups is 1. The lowest BCUT2D eigenvalue weighted by molar-refractivity contribution is 0.0467. The predicted octanol–water partition coefficient (Wildman–Crippen LogP) is 2.64. The summed E-state index contributed by atoms with van der Waals surface area (Å²) in [5.41, 5.74) is 2.74. The van der Waals surface area contributed by atoms with E-state index in [4.69, 9.17) is 4.52 Å². The number of amides is 1. The first-order valence-corrected chi connectivity index (χ1v) is 8.79. The van der Waals surface area contributed by atoms with Crippen molar-refractivity contribution in [3.63, 3.8) is 0 Å². The first-order valence-electron chi connectivity index (χ1n) is 8.79. The Morgan fingerprint density at radius 1 is 1.42 bits per heavy atom. The highest BCUT2D eigenvalue weighted by Gasteiger charge is 2.32. The fraction of sp³-hybridized carbons (Fsp3) is 0.611. The molecule has 4 rings (SSSR count). The molecule has 2 aliphatic rings. The van der Waals surface area contributed by atoms with Crippen LogP contribution in [0.25, 0.3) is 11.1 Å². The normalized spacial score (nSPS) is 22.8.